The number of hydrogen-bond donors (Lipinski definition) is 1. The number of aliphatic hydroxyl groups is 1. The number of aliphatic hydroxyl groups excluding tert-OH is 1. The Morgan fingerprint density at radius 3 is 1.30 bits per heavy atom. The standard InChI is InChI=1S/C3H4O5.2Ag/c4-1(2(5)6)3(7)8;;/h1,4H,(H,5,6)(H,7,8);;/q;2*+1/p-2. The van der Waals surface area contributed by atoms with Crippen molar-refractivity contribution in [3.05, 3.63) is 0 Å². The zero-order valence-electron chi connectivity index (χ0n) is 4.26. The van der Waals surface area contributed by atoms with Crippen molar-refractivity contribution >= 4 is 11.9 Å². The van der Waals surface area contributed by atoms with E-state index in [4.69, 9.17) is 5.11 Å². The van der Waals surface area contributed by atoms with Crippen molar-refractivity contribution in [2.24, 2.45) is 0 Å². The van der Waals surface area contributed by atoms with Crippen LogP contribution in [0.4, 0.5) is 0 Å². The van der Waals surface area contributed by atoms with Crippen molar-refractivity contribution in [2.75, 3.05) is 0 Å². The van der Waals surface area contributed by atoms with Crippen LogP contribution in [0, 0.1) is 0 Å². The van der Waals surface area contributed by atoms with Crippen LogP contribution in [0.3, 0.4) is 0 Å². The summed E-state index contributed by atoms with van der Waals surface area (Å²) in [5, 5.41) is 26.6. The molecule has 0 atom stereocenters. The third kappa shape index (κ3) is 6.50. The summed E-state index contributed by atoms with van der Waals surface area (Å²) in [6.07, 6.45) is -2.52. The number of carboxylic acid groups (broad SMARTS) is 2. The summed E-state index contributed by atoms with van der Waals surface area (Å²) in [5.74, 6) is -4.13. The number of carbonyl (C=O) groups excluding carboxylic acids is 2. The van der Waals surface area contributed by atoms with E-state index in [1.165, 1.54) is 0 Å². The van der Waals surface area contributed by atoms with Gasteiger partial charge < -0.3 is 24.9 Å². The fourth-order valence-corrected chi connectivity index (χ4v) is 0.0962. The summed E-state index contributed by atoms with van der Waals surface area (Å²) >= 11 is 0. The first-order chi connectivity index (χ1) is 3.55. The summed E-state index contributed by atoms with van der Waals surface area (Å²) < 4.78 is 0. The van der Waals surface area contributed by atoms with Gasteiger partial charge in [-0.3, -0.25) is 0 Å². The normalized spacial score (nSPS) is 7.40. The van der Waals surface area contributed by atoms with Crippen molar-refractivity contribution in [1.29, 1.82) is 0 Å². The molecule has 0 aromatic heterocycles. The molecule has 1 N–H and O–H groups in total. The molecule has 10 heavy (non-hydrogen) atoms. The average molecular weight is 334 g/mol. The van der Waals surface area contributed by atoms with E-state index < -0.39 is 18.0 Å². The smallest absolute Gasteiger partial charge is 0.547 e. The molecule has 0 amide bonds. The van der Waals surface area contributed by atoms with E-state index in [0.717, 1.165) is 0 Å². The van der Waals surface area contributed by atoms with Crippen LogP contribution in [0.2, 0.25) is 0 Å². The van der Waals surface area contributed by atoms with E-state index in [0.29, 0.717) is 0 Å². The summed E-state index contributed by atoms with van der Waals surface area (Å²) in [6.45, 7) is 0. The Balaban J connectivity index is -0.000000245. The first kappa shape index (κ1) is 16.8. The molecule has 0 saturated heterocycles. The van der Waals surface area contributed by atoms with Gasteiger partial charge in [-0.2, -0.15) is 0 Å². The van der Waals surface area contributed by atoms with Crippen LogP contribution in [0.1, 0.15) is 0 Å². The molecule has 5 nitrogen and oxygen atoms in total. The van der Waals surface area contributed by atoms with Gasteiger partial charge in [-0.15, -0.1) is 0 Å². The molecule has 0 aliphatic heterocycles. The van der Waals surface area contributed by atoms with Gasteiger partial charge in [-0.25, -0.2) is 0 Å². The van der Waals surface area contributed by atoms with Crippen LogP contribution in [-0.2, 0) is 54.3 Å². The van der Waals surface area contributed by atoms with Gasteiger partial charge >= 0.3 is 44.8 Å². The molecule has 0 saturated carbocycles. The molecule has 0 spiro atoms. The predicted molar refractivity (Wildman–Crippen MR) is 16.0 cm³/mol. The number of carbonyl (C=O) groups is 2. The second kappa shape index (κ2) is 7.49. The minimum absolute atomic E-state index is 0. The second-order valence-electron chi connectivity index (χ2n) is 1.04. The molecule has 0 aromatic carbocycles. The molecule has 0 heterocycles. The van der Waals surface area contributed by atoms with Gasteiger partial charge in [0.25, 0.3) is 0 Å². The van der Waals surface area contributed by atoms with Crippen LogP contribution in [0.25, 0.3) is 0 Å². The Hall–Kier alpha value is 0.381. The van der Waals surface area contributed by atoms with Crippen molar-refractivity contribution in [2.45, 2.75) is 6.10 Å². The minimum Gasteiger partial charge on any atom is -0.547 e. The Morgan fingerprint density at radius 1 is 1.10 bits per heavy atom. The summed E-state index contributed by atoms with van der Waals surface area (Å²) in [7, 11) is 0. The van der Waals surface area contributed by atoms with Gasteiger partial charge in [0, 0.05) is 0 Å². The molecule has 0 unspecified atom stereocenters. The first-order valence-electron chi connectivity index (χ1n) is 1.65. The maximum atomic E-state index is 9.36. The molecule has 0 rings (SSSR count). The Labute approximate surface area is 87.4 Å². The third-order valence-electron chi connectivity index (χ3n) is 0.447. The van der Waals surface area contributed by atoms with Crippen LogP contribution < -0.4 is 10.2 Å². The molecule has 0 bridgehead atoms. The van der Waals surface area contributed by atoms with Crippen molar-refractivity contribution in [1.82, 2.24) is 0 Å². The zero-order valence-corrected chi connectivity index (χ0v) is 7.23. The molecule has 0 aliphatic carbocycles. The number of rotatable bonds is 2. The molecule has 7 heteroatoms. The average Bonchev–Trinajstić information content (AvgIpc) is 1.64. The van der Waals surface area contributed by atoms with E-state index in [-0.39, 0.29) is 44.8 Å². The van der Waals surface area contributed by atoms with Crippen molar-refractivity contribution < 1.29 is 69.7 Å². The maximum absolute atomic E-state index is 9.36. The Kier molecular flexibility index (Phi) is 12.6. The van der Waals surface area contributed by atoms with Crippen LogP contribution >= 0.6 is 0 Å². The molecule has 66 valence electrons. The summed E-state index contributed by atoms with van der Waals surface area (Å²) in [6, 6.07) is 0. The van der Waals surface area contributed by atoms with Gasteiger partial charge in [0.05, 0.1) is 11.9 Å². The number of carboxylic acids is 2. The summed E-state index contributed by atoms with van der Waals surface area (Å²) in [5.41, 5.74) is 0. The Morgan fingerprint density at radius 2 is 1.30 bits per heavy atom. The van der Waals surface area contributed by atoms with Crippen molar-refractivity contribution in [3.8, 4) is 0 Å². The van der Waals surface area contributed by atoms with Gasteiger partial charge in [0.1, 0.15) is 6.10 Å². The molecule has 0 radical (unpaired) electrons. The topological polar surface area (TPSA) is 100 Å². The van der Waals surface area contributed by atoms with E-state index in [9.17, 15) is 19.8 Å². The Bertz CT molecular complexity index is 110. The van der Waals surface area contributed by atoms with E-state index in [1.54, 1.807) is 0 Å². The monoisotopic (exact) mass is 332 g/mol. The fraction of sp³-hybridized carbons (Fsp3) is 0.333. The fourth-order valence-electron chi connectivity index (χ4n) is 0.0962. The van der Waals surface area contributed by atoms with Gasteiger partial charge in [0.15, 0.2) is 0 Å². The zero-order chi connectivity index (χ0) is 6.73. The summed E-state index contributed by atoms with van der Waals surface area (Å²) in [4.78, 5) is 18.7. The van der Waals surface area contributed by atoms with Gasteiger partial charge in [0.2, 0.25) is 0 Å². The SMILES string of the molecule is O=C([O-])C(O)C(=O)[O-].[Ag+].[Ag+]. The minimum atomic E-state index is -2.52. The number of hydrogen-bond acceptors (Lipinski definition) is 5. The van der Waals surface area contributed by atoms with E-state index in [1.807, 2.05) is 0 Å². The largest absolute Gasteiger partial charge is 1.00 e. The van der Waals surface area contributed by atoms with Crippen molar-refractivity contribution in [3.63, 3.8) is 0 Å². The van der Waals surface area contributed by atoms with E-state index in [2.05, 4.69) is 0 Å². The van der Waals surface area contributed by atoms with Crippen LogP contribution in [-0.4, -0.2) is 23.1 Å². The third-order valence-corrected chi connectivity index (χ3v) is 0.447. The molecule has 0 aliphatic rings. The quantitative estimate of drug-likeness (QED) is 0.408. The number of aliphatic carboxylic acids is 2. The predicted octanol–water partition coefficient (Wildman–Crippen LogP) is -4.16. The molecule has 0 aromatic rings. The van der Waals surface area contributed by atoms with Gasteiger partial charge in [-0.1, -0.05) is 0 Å². The maximum Gasteiger partial charge on any atom is 1.00 e. The molecular formula is C3H2Ag2O5. The van der Waals surface area contributed by atoms with Crippen LogP contribution in [0.5, 0.6) is 0 Å². The van der Waals surface area contributed by atoms with Crippen LogP contribution in [0.15, 0.2) is 0 Å². The molecule has 0 fully saturated rings. The molecular weight excluding hydrogens is 332 g/mol. The second-order valence-corrected chi connectivity index (χ2v) is 1.04. The van der Waals surface area contributed by atoms with E-state index >= 15 is 0 Å². The first-order valence-corrected chi connectivity index (χ1v) is 1.65. The van der Waals surface area contributed by atoms with Gasteiger partial charge in [-0.05, 0) is 0 Å².